The van der Waals surface area contributed by atoms with E-state index in [0.29, 0.717) is 19.8 Å². The molecule has 21 heavy (non-hydrogen) atoms. The molecule has 2 aromatic carbocycles. The van der Waals surface area contributed by atoms with Gasteiger partial charge >= 0.3 is 0 Å². The van der Waals surface area contributed by atoms with E-state index in [-0.39, 0.29) is 0 Å². The molecule has 0 heterocycles. The van der Waals surface area contributed by atoms with Gasteiger partial charge in [-0.05, 0) is 64.8 Å². The van der Waals surface area contributed by atoms with Crippen LogP contribution in [0.2, 0.25) is 0 Å². The summed E-state index contributed by atoms with van der Waals surface area (Å²) in [6.07, 6.45) is 0.866. The lowest BCUT2D eigenvalue weighted by Crippen LogP contribution is -2.09. The highest BCUT2D eigenvalue weighted by Crippen LogP contribution is 2.26. The predicted octanol–water partition coefficient (Wildman–Crippen LogP) is 4.17. The van der Waals surface area contributed by atoms with Crippen LogP contribution in [0.1, 0.15) is 5.56 Å². The minimum absolute atomic E-state index is 0.487. The molecule has 0 amide bonds. The average Bonchev–Trinajstić information content (AvgIpc) is 2.46. The van der Waals surface area contributed by atoms with Crippen molar-refractivity contribution in [1.82, 2.24) is 0 Å². The number of ether oxygens (including phenoxy) is 2. The van der Waals surface area contributed by atoms with Gasteiger partial charge in [-0.15, -0.1) is 0 Å². The molecule has 2 aromatic rings. The number of benzene rings is 2. The molecule has 0 radical (unpaired) electrons. The summed E-state index contributed by atoms with van der Waals surface area (Å²) in [4.78, 5) is 0. The van der Waals surface area contributed by atoms with Crippen molar-refractivity contribution in [3.05, 3.63) is 57.0 Å². The number of halogens is 2. The molecule has 3 nitrogen and oxygen atoms in total. The molecule has 0 spiro atoms. The van der Waals surface area contributed by atoms with Gasteiger partial charge in [-0.2, -0.15) is 0 Å². The molecular weight excluding hydrogens is 398 g/mol. The third-order valence-corrected chi connectivity index (χ3v) is 3.95. The molecule has 0 aliphatic carbocycles. The summed E-state index contributed by atoms with van der Waals surface area (Å²) in [5, 5.41) is 0. The van der Waals surface area contributed by atoms with Crippen LogP contribution in [-0.4, -0.2) is 19.8 Å². The minimum Gasteiger partial charge on any atom is -0.490 e. The van der Waals surface area contributed by atoms with E-state index in [1.54, 1.807) is 0 Å². The van der Waals surface area contributed by atoms with Gasteiger partial charge in [-0.3, -0.25) is 0 Å². The van der Waals surface area contributed by atoms with E-state index in [4.69, 9.17) is 15.2 Å². The molecule has 112 valence electrons. The van der Waals surface area contributed by atoms with Crippen molar-refractivity contribution in [3.8, 4) is 11.5 Å². The van der Waals surface area contributed by atoms with E-state index in [9.17, 15) is 0 Å². The van der Waals surface area contributed by atoms with Crippen molar-refractivity contribution in [3.63, 3.8) is 0 Å². The molecule has 0 aliphatic rings. The first-order chi connectivity index (χ1) is 10.2. The summed E-state index contributed by atoms with van der Waals surface area (Å²) in [6.45, 7) is 1.63. The van der Waals surface area contributed by atoms with E-state index < -0.39 is 0 Å². The van der Waals surface area contributed by atoms with Gasteiger partial charge < -0.3 is 15.2 Å². The molecule has 0 saturated carbocycles. The van der Waals surface area contributed by atoms with Gasteiger partial charge in [-0.25, -0.2) is 0 Å². The number of rotatable bonds is 7. The molecule has 0 atom stereocenters. The zero-order valence-electron chi connectivity index (χ0n) is 11.5. The summed E-state index contributed by atoms with van der Waals surface area (Å²) < 4.78 is 13.3. The summed E-state index contributed by atoms with van der Waals surface area (Å²) in [5.74, 6) is 1.64. The molecule has 0 bridgehead atoms. The Morgan fingerprint density at radius 3 is 2.48 bits per heavy atom. The molecule has 5 heteroatoms. The van der Waals surface area contributed by atoms with E-state index in [1.807, 2.05) is 42.5 Å². The fourth-order valence-electron chi connectivity index (χ4n) is 1.85. The van der Waals surface area contributed by atoms with E-state index in [1.165, 1.54) is 5.56 Å². The Bertz CT molecular complexity index is 590. The second-order valence-electron chi connectivity index (χ2n) is 4.46. The standard InChI is InChI=1S/C16H17Br2NO2/c17-13-2-1-3-14(11-13)20-8-9-21-16-5-4-12(6-7-19)10-15(16)18/h1-5,10-11H,6-9,19H2. The molecule has 2 N–H and O–H groups in total. The van der Waals surface area contributed by atoms with Gasteiger partial charge in [0.1, 0.15) is 24.7 Å². The van der Waals surface area contributed by atoms with Crippen molar-refractivity contribution in [1.29, 1.82) is 0 Å². The van der Waals surface area contributed by atoms with Crippen LogP contribution in [0.3, 0.4) is 0 Å². The minimum atomic E-state index is 0.487. The highest BCUT2D eigenvalue weighted by molar-refractivity contribution is 9.10. The molecular formula is C16H17Br2NO2. The van der Waals surface area contributed by atoms with Crippen LogP contribution in [0.25, 0.3) is 0 Å². The van der Waals surface area contributed by atoms with E-state index >= 15 is 0 Å². The van der Waals surface area contributed by atoms with E-state index in [0.717, 1.165) is 26.9 Å². The smallest absolute Gasteiger partial charge is 0.133 e. The molecule has 0 aromatic heterocycles. The van der Waals surface area contributed by atoms with Crippen LogP contribution < -0.4 is 15.2 Å². The molecule has 0 aliphatic heterocycles. The van der Waals surface area contributed by atoms with Gasteiger partial charge in [0.25, 0.3) is 0 Å². The molecule has 0 unspecified atom stereocenters. The molecule has 2 rings (SSSR count). The Hall–Kier alpha value is -1.04. The first-order valence-corrected chi connectivity index (χ1v) is 8.27. The largest absolute Gasteiger partial charge is 0.490 e. The second-order valence-corrected chi connectivity index (χ2v) is 6.23. The van der Waals surface area contributed by atoms with Crippen LogP contribution in [0, 0.1) is 0 Å². The topological polar surface area (TPSA) is 44.5 Å². The van der Waals surface area contributed by atoms with E-state index in [2.05, 4.69) is 31.9 Å². The summed E-state index contributed by atoms with van der Waals surface area (Å²) in [5.41, 5.74) is 6.74. The zero-order valence-corrected chi connectivity index (χ0v) is 14.7. The summed E-state index contributed by atoms with van der Waals surface area (Å²) in [7, 11) is 0. The van der Waals surface area contributed by atoms with Crippen molar-refractivity contribution in [2.45, 2.75) is 6.42 Å². The predicted molar refractivity (Wildman–Crippen MR) is 92.0 cm³/mol. The fraction of sp³-hybridized carbons (Fsp3) is 0.250. The van der Waals surface area contributed by atoms with Gasteiger partial charge in [0.15, 0.2) is 0 Å². The second kappa shape index (κ2) is 8.41. The van der Waals surface area contributed by atoms with Crippen molar-refractivity contribution < 1.29 is 9.47 Å². The first kappa shape index (κ1) is 16.3. The summed E-state index contributed by atoms with van der Waals surface area (Å²) in [6, 6.07) is 13.8. The van der Waals surface area contributed by atoms with Crippen LogP contribution in [0.5, 0.6) is 11.5 Å². The van der Waals surface area contributed by atoms with Gasteiger partial charge in [0.05, 0.1) is 4.47 Å². The van der Waals surface area contributed by atoms with Crippen LogP contribution in [0.15, 0.2) is 51.4 Å². The third kappa shape index (κ3) is 5.34. The maximum absolute atomic E-state index is 5.71. The monoisotopic (exact) mass is 413 g/mol. The lowest BCUT2D eigenvalue weighted by Gasteiger charge is -2.11. The number of hydrogen-bond donors (Lipinski definition) is 1. The van der Waals surface area contributed by atoms with Gasteiger partial charge in [0, 0.05) is 4.47 Å². The third-order valence-electron chi connectivity index (χ3n) is 2.84. The van der Waals surface area contributed by atoms with Crippen molar-refractivity contribution in [2.24, 2.45) is 5.73 Å². The summed E-state index contributed by atoms with van der Waals surface area (Å²) >= 11 is 6.92. The van der Waals surface area contributed by atoms with Crippen molar-refractivity contribution >= 4 is 31.9 Å². The number of hydrogen-bond acceptors (Lipinski definition) is 3. The maximum atomic E-state index is 5.71. The van der Waals surface area contributed by atoms with Crippen molar-refractivity contribution in [2.75, 3.05) is 19.8 Å². The Balaban J connectivity index is 1.81. The Labute approximate surface area is 141 Å². The van der Waals surface area contributed by atoms with Crippen LogP contribution in [-0.2, 0) is 6.42 Å². The van der Waals surface area contributed by atoms with Crippen LogP contribution in [0.4, 0.5) is 0 Å². The Morgan fingerprint density at radius 2 is 1.76 bits per heavy atom. The molecule has 0 fully saturated rings. The van der Waals surface area contributed by atoms with Gasteiger partial charge in [0.2, 0.25) is 0 Å². The fourth-order valence-corrected chi connectivity index (χ4v) is 2.77. The Morgan fingerprint density at radius 1 is 0.952 bits per heavy atom. The quantitative estimate of drug-likeness (QED) is 0.691. The Kier molecular flexibility index (Phi) is 6.54. The first-order valence-electron chi connectivity index (χ1n) is 6.68. The van der Waals surface area contributed by atoms with Crippen LogP contribution >= 0.6 is 31.9 Å². The number of nitrogens with two attached hydrogens (primary N) is 1. The lowest BCUT2D eigenvalue weighted by atomic mass is 10.1. The average molecular weight is 415 g/mol. The highest BCUT2D eigenvalue weighted by atomic mass is 79.9. The zero-order chi connectivity index (χ0) is 15.1. The molecule has 0 saturated heterocycles. The normalized spacial score (nSPS) is 10.4. The maximum Gasteiger partial charge on any atom is 0.133 e. The van der Waals surface area contributed by atoms with Gasteiger partial charge in [-0.1, -0.05) is 28.1 Å². The lowest BCUT2D eigenvalue weighted by molar-refractivity contribution is 0.216. The highest BCUT2D eigenvalue weighted by Gasteiger charge is 2.03. The SMILES string of the molecule is NCCc1ccc(OCCOc2cccc(Br)c2)c(Br)c1.